The fraction of sp³-hybridized carbons (Fsp3) is 0.417. The third kappa shape index (κ3) is 4.81. The molecule has 2 aliphatic rings. The van der Waals surface area contributed by atoms with Crippen LogP contribution in [0.2, 0.25) is 0 Å². The number of hydrogen-bond donors (Lipinski definition) is 1. The van der Waals surface area contributed by atoms with Crippen LogP contribution in [0.1, 0.15) is 60.9 Å². The average molecular weight is 410 g/mol. The molecule has 158 valence electrons. The second kappa shape index (κ2) is 9.28. The molecule has 0 unspecified atom stereocenters. The van der Waals surface area contributed by atoms with E-state index in [1.807, 2.05) is 0 Å². The number of ether oxygens (including phenoxy) is 1. The van der Waals surface area contributed by atoms with Gasteiger partial charge >= 0.3 is 0 Å². The molecule has 0 atom stereocenters. The van der Waals surface area contributed by atoms with Gasteiger partial charge in [-0.05, 0) is 48.7 Å². The molecule has 2 aromatic carbocycles. The molecule has 2 amide bonds. The molecule has 1 aliphatic carbocycles. The first kappa shape index (κ1) is 20.4. The van der Waals surface area contributed by atoms with Gasteiger partial charge in [0.15, 0.2) is 6.61 Å². The van der Waals surface area contributed by atoms with E-state index < -0.39 is 0 Å². The first-order valence-electron chi connectivity index (χ1n) is 10.7. The number of amides is 2. The highest BCUT2D eigenvalue weighted by Crippen LogP contribution is 2.34. The first-order chi connectivity index (χ1) is 14.6. The summed E-state index contributed by atoms with van der Waals surface area (Å²) in [4.78, 5) is 27.0. The van der Waals surface area contributed by atoms with Crippen LogP contribution in [0.3, 0.4) is 0 Å². The summed E-state index contributed by atoms with van der Waals surface area (Å²) < 4.78 is 18.8. The number of nitrogens with one attached hydrogen (secondary N) is 1. The van der Waals surface area contributed by atoms with Crippen LogP contribution in [-0.4, -0.2) is 24.5 Å². The zero-order valence-electron chi connectivity index (χ0n) is 17.0. The van der Waals surface area contributed by atoms with Gasteiger partial charge in [-0.25, -0.2) is 4.39 Å². The summed E-state index contributed by atoms with van der Waals surface area (Å²) in [6.45, 7) is 0.241. The van der Waals surface area contributed by atoms with E-state index >= 15 is 0 Å². The Morgan fingerprint density at radius 3 is 2.47 bits per heavy atom. The Kier molecular flexibility index (Phi) is 6.31. The van der Waals surface area contributed by atoms with Gasteiger partial charge in [-0.3, -0.25) is 9.59 Å². The van der Waals surface area contributed by atoms with Crippen LogP contribution in [-0.2, 0) is 11.3 Å². The van der Waals surface area contributed by atoms with Crippen LogP contribution in [0.25, 0.3) is 0 Å². The van der Waals surface area contributed by atoms with Gasteiger partial charge in [-0.1, -0.05) is 44.2 Å². The molecule has 4 rings (SSSR count). The maximum atomic E-state index is 13.2. The lowest BCUT2D eigenvalue weighted by molar-refractivity contribution is -0.121. The molecule has 0 aromatic heterocycles. The Balaban J connectivity index is 1.52. The second-order valence-corrected chi connectivity index (χ2v) is 8.09. The molecular formula is C24H27FN2O3. The maximum Gasteiger partial charge on any atom is 0.265 e. The number of fused-ring (bicyclic) bond motifs is 1. The van der Waals surface area contributed by atoms with Crippen molar-refractivity contribution in [3.63, 3.8) is 0 Å². The topological polar surface area (TPSA) is 58.6 Å². The monoisotopic (exact) mass is 410 g/mol. The first-order valence-corrected chi connectivity index (χ1v) is 10.7. The van der Waals surface area contributed by atoms with Gasteiger partial charge in [0, 0.05) is 11.6 Å². The molecule has 2 aromatic rings. The van der Waals surface area contributed by atoms with Crippen LogP contribution < -0.4 is 15.0 Å². The Hall–Kier alpha value is -2.89. The fourth-order valence-corrected chi connectivity index (χ4v) is 4.16. The van der Waals surface area contributed by atoms with Crippen molar-refractivity contribution < 1.29 is 18.7 Å². The van der Waals surface area contributed by atoms with Crippen LogP contribution in [0, 0.1) is 5.82 Å². The Morgan fingerprint density at radius 2 is 1.73 bits per heavy atom. The van der Waals surface area contributed by atoms with Gasteiger partial charge in [0.05, 0.1) is 12.2 Å². The molecule has 5 nitrogen and oxygen atoms in total. The van der Waals surface area contributed by atoms with Gasteiger partial charge in [0.2, 0.25) is 0 Å². The minimum absolute atomic E-state index is 0.0538. The maximum absolute atomic E-state index is 13.2. The summed E-state index contributed by atoms with van der Waals surface area (Å²) in [6.07, 6.45) is 8.03. The van der Waals surface area contributed by atoms with Crippen molar-refractivity contribution >= 4 is 17.5 Å². The van der Waals surface area contributed by atoms with E-state index in [0.717, 1.165) is 31.2 Å². The van der Waals surface area contributed by atoms with Crippen molar-refractivity contribution in [2.24, 2.45) is 0 Å². The Labute approximate surface area is 176 Å². The van der Waals surface area contributed by atoms with E-state index in [1.165, 1.54) is 31.4 Å². The summed E-state index contributed by atoms with van der Waals surface area (Å²) in [6, 6.07) is 11.5. The minimum Gasteiger partial charge on any atom is -0.482 e. The smallest absolute Gasteiger partial charge is 0.265 e. The molecule has 6 heteroatoms. The van der Waals surface area contributed by atoms with Crippen molar-refractivity contribution in [3.05, 3.63) is 59.4 Å². The molecule has 1 fully saturated rings. The van der Waals surface area contributed by atoms with Crippen molar-refractivity contribution in [1.29, 1.82) is 0 Å². The van der Waals surface area contributed by atoms with Gasteiger partial charge in [-0.2, -0.15) is 0 Å². The van der Waals surface area contributed by atoms with Crippen molar-refractivity contribution in [1.82, 2.24) is 5.32 Å². The van der Waals surface area contributed by atoms with E-state index in [2.05, 4.69) is 5.32 Å². The van der Waals surface area contributed by atoms with E-state index in [0.29, 0.717) is 23.5 Å². The van der Waals surface area contributed by atoms with Gasteiger partial charge in [0.25, 0.3) is 11.8 Å². The molecule has 1 heterocycles. The fourth-order valence-electron chi connectivity index (χ4n) is 4.16. The van der Waals surface area contributed by atoms with Crippen LogP contribution in [0.15, 0.2) is 42.5 Å². The Morgan fingerprint density at radius 1 is 1.03 bits per heavy atom. The summed E-state index contributed by atoms with van der Waals surface area (Å²) >= 11 is 0. The zero-order chi connectivity index (χ0) is 20.9. The molecule has 0 spiro atoms. The highest BCUT2D eigenvalue weighted by Gasteiger charge is 2.27. The van der Waals surface area contributed by atoms with Crippen LogP contribution in [0.5, 0.6) is 5.75 Å². The van der Waals surface area contributed by atoms with Gasteiger partial charge in [0.1, 0.15) is 11.6 Å². The molecular weight excluding hydrogens is 383 g/mol. The van der Waals surface area contributed by atoms with E-state index in [1.54, 1.807) is 35.2 Å². The van der Waals surface area contributed by atoms with Crippen molar-refractivity contribution in [3.8, 4) is 5.75 Å². The summed E-state index contributed by atoms with van der Waals surface area (Å²) in [5.74, 6) is -0.0626. The number of anilines is 1. The third-order valence-corrected chi connectivity index (χ3v) is 5.86. The van der Waals surface area contributed by atoms with Crippen LogP contribution in [0.4, 0.5) is 10.1 Å². The summed E-state index contributed by atoms with van der Waals surface area (Å²) in [5, 5.41) is 3.17. The van der Waals surface area contributed by atoms with Crippen LogP contribution >= 0.6 is 0 Å². The SMILES string of the molecule is O=C(NC1CCCCCCC1)c1ccc2c(c1)N(Cc1ccc(F)cc1)C(=O)CO2. The standard InChI is InChI=1S/C24H27FN2O3/c25-19-11-8-17(9-12-19)15-27-21-14-18(10-13-22(21)30-16-23(27)28)24(29)26-20-6-4-2-1-3-5-7-20/h8-14,20H,1-7,15-16H2,(H,26,29). The molecule has 1 N–H and O–H groups in total. The second-order valence-electron chi connectivity index (χ2n) is 8.09. The lowest BCUT2D eigenvalue weighted by Gasteiger charge is -2.30. The van der Waals surface area contributed by atoms with E-state index in [4.69, 9.17) is 4.74 Å². The molecule has 1 aliphatic heterocycles. The lowest BCUT2D eigenvalue weighted by Crippen LogP contribution is -2.39. The highest BCUT2D eigenvalue weighted by molar-refractivity contribution is 6.01. The minimum atomic E-state index is -0.319. The van der Waals surface area contributed by atoms with Gasteiger partial charge < -0.3 is 15.0 Å². The predicted octanol–water partition coefficient (Wildman–Crippen LogP) is 4.59. The molecule has 0 radical (unpaired) electrons. The number of rotatable bonds is 4. The summed E-state index contributed by atoms with van der Waals surface area (Å²) in [5.41, 5.74) is 1.89. The number of benzene rings is 2. The number of carbonyl (C=O) groups is 2. The highest BCUT2D eigenvalue weighted by atomic mass is 19.1. The Bertz CT molecular complexity index is 905. The van der Waals surface area contributed by atoms with Crippen molar-refractivity contribution in [2.45, 2.75) is 57.5 Å². The van der Waals surface area contributed by atoms with Crippen molar-refractivity contribution in [2.75, 3.05) is 11.5 Å². The molecule has 0 saturated heterocycles. The normalized spacial score (nSPS) is 17.5. The lowest BCUT2D eigenvalue weighted by atomic mass is 9.96. The number of nitrogens with zero attached hydrogens (tertiary/aromatic N) is 1. The predicted molar refractivity (Wildman–Crippen MR) is 113 cm³/mol. The number of halogens is 1. The van der Waals surface area contributed by atoms with Gasteiger partial charge in [-0.15, -0.1) is 0 Å². The number of hydrogen-bond acceptors (Lipinski definition) is 3. The largest absolute Gasteiger partial charge is 0.482 e. The quantitative estimate of drug-likeness (QED) is 0.802. The number of carbonyl (C=O) groups excluding carboxylic acids is 2. The average Bonchev–Trinajstić information content (AvgIpc) is 2.73. The summed E-state index contributed by atoms with van der Waals surface area (Å²) in [7, 11) is 0. The molecule has 1 saturated carbocycles. The van der Waals surface area contributed by atoms with E-state index in [9.17, 15) is 14.0 Å². The van der Waals surface area contributed by atoms with E-state index in [-0.39, 0.29) is 30.3 Å². The molecule has 0 bridgehead atoms. The zero-order valence-corrected chi connectivity index (χ0v) is 17.0. The third-order valence-electron chi connectivity index (χ3n) is 5.86. The molecule has 30 heavy (non-hydrogen) atoms.